The van der Waals surface area contributed by atoms with E-state index in [0.29, 0.717) is 18.0 Å². The summed E-state index contributed by atoms with van der Waals surface area (Å²) in [5.74, 6) is 0.761. The standard InChI is InChI=1S/C13H15N3O2/c1-10(9-18-2)13-11(8-17)7-16(15-13)12-5-3-4-6-14-12/h3-8,10H,9H2,1-2H3. The summed E-state index contributed by atoms with van der Waals surface area (Å²) in [5.41, 5.74) is 1.31. The fraction of sp³-hybridized carbons (Fsp3) is 0.308. The van der Waals surface area contributed by atoms with Gasteiger partial charge >= 0.3 is 0 Å². The van der Waals surface area contributed by atoms with E-state index in [9.17, 15) is 4.79 Å². The Bertz CT molecular complexity index is 522. The minimum Gasteiger partial charge on any atom is -0.384 e. The highest BCUT2D eigenvalue weighted by Crippen LogP contribution is 2.18. The number of rotatable bonds is 5. The molecule has 2 aromatic heterocycles. The molecule has 18 heavy (non-hydrogen) atoms. The van der Waals surface area contributed by atoms with Crippen LogP contribution in [0, 0.1) is 0 Å². The van der Waals surface area contributed by atoms with E-state index in [4.69, 9.17) is 4.74 Å². The molecular formula is C13H15N3O2. The van der Waals surface area contributed by atoms with Crippen LogP contribution in [-0.2, 0) is 4.74 Å². The van der Waals surface area contributed by atoms with Crippen molar-refractivity contribution in [3.8, 4) is 5.82 Å². The number of aromatic nitrogens is 3. The summed E-state index contributed by atoms with van der Waals surface area (Å²) >= 11 is 0. The molecule has 0 radical (unpaired) electrons. The molecule has 5 nitrogen and oxygen atoms in total. The van der Waals surface area contributed by atoms with E-state index in [1.807, 2.05) is 25.1 Å². The molecule has 0 aliphatic heterocycles. The summed E-state index contributed by atoms with van der Waals surface area (Å²) in [6, 6.07) is 5.55. The second kappa shape index (κ2) is 5.55. The number of hydrogen-bond acceptors (Lipinski definition) is 4. The summed E-state index contributed by atoms with van der Waals surface area (Å²) in [7, 11) is 1.63. The third kappa shape index (κ3) is 2.46. The van der Waals surface area contributed by atoms with Crippen LogP contribution in [0.1, 0.15) is 28.9 Å². The van der Waals surface area contributed by atoms with Crippen LogP contribution in [-0.4, -0.2) is 34.8 Å². The molecule has 0 fully saturated rings. The minimum absolute atomic E-state index is 0.0696. The lowest BCUT2D eigenvalue weighted by molar-refractivity contribution is 0.112. The average molecular weight is 245 g/mol. The van der Waals surface area contributed by atoms with Gasteiger partial charge in [-0.3, -0.25) is 4.79 Å². The van der Waals surface area contributed by atoms with Crippen molar-refractivity contribution < 1.29 is 9.53 Å². The second-order valence-corrected chi connectivity index (χ2v) is 4.08. The predicted octanol–water partition coefficient (Wildman–Crippen LogP) is 1.83. The topological polar surface area (TPSA) is 57.0 Å². The third-order valence-corrected chi connectivity index (χ3v) is 2.67. The van der Waals surface area contributed by atoms with Crippen LogP contribution in [0.5, 0.6) is 0 Å². The molecule has 0 saturated carbocycles. The molecule has 0 bridgehead atoms. The van der Waals surface area contributed by atoms with E-state index in [0.717, 1.165) is 12.0 Å². The zero-order chi connectivity index (χ0) is 13.0. The first-order chi connectivity index (χ1) is 8.76. The largest absolute Gasteiger partial charge is 0.384 e. The monoisotopic (exact) mass is 245 g/mol. The summed E-state index contributed by atoms with van der Waals surface area (Å²) in [4.78, 5) is 15.3. The van der Waals surface area contributed by atoms with Gasteiger partial charge in [-0.1, -0.05) is 13.0 Å². The van der Waals surface area contributed by atoms with Crippen molar-refractivity contribution in [3.05, 3.63) is 41.9 Å². The Balaban J connectivity index is 2.38. The van der Waals surface area contributed by atoms with Crippen LogP contribution >= 0.6 is 0 Å². The number of ether oxygens (including phenoxy) is 1. The first-order valence-corrected chi connectivity index (χ1v) is 5.71. The van der Waals surface area contributed by atoms with Gasteiger partial charge in [-0.15, -0.1) is 0 Å². The molecule has 94 valence electrons. The number of carbonyl (C=O) groups excluding carboxylic acids is 1. The fourth-order valence-electron chi connectivity index (χ4n) is 1.81. The van der Waals surface area contributed by atoms with Gasteiger partial charge in [0, 0.05) is 25.4 Å². The molecule has 0 saturated heterocycles. The Morgan fingerprint density at radius 1 is 1.50 bits per heavy atom. The van der Waals surface area contributed by atoms with Gasteiger partial charge in [0.2, 0.25) is 0 Å². The van der Waals surface area contributed by atoms with Gasteiger partial charge in [-0.2, -0.15) is 5.10 Å². The Kier molecular flexibility index (Phi) is 3.84. The zero-order valence-corrected chi connectivity index (χ0v) is 10.4. The number of methoxy groups -OCH3 is 1. The molecule has 1 unspecified atom stereocenters. The molecule has 2 heterocycles. The normalized spacial score (nSPS) is 12.3. The SMILES string of the molecule is COCC(C)c1nn(-c2ccccn2)cc1C=O. The first-order valence-electron chi connectivity index (χ1n) is 5.71. The number of pyridine rings is 1. The lowest BCUT2D eigenvalue weighted by Crippen LogP contribution is -2.06. The van der Waals surface area contributed by atoms with Crippen molar-refractivity contribution in [2.24, 2.45) is 0 Å². The van der Waals surface area contributed by atoms with Gasteiger partial charge in [0.1, 0.15) is 0 Å². The molecule has 0 spiro atoms. The van der Waals surface area contributed by atoms with Crippen molar-refractivity contribution in [2.45, 2.75) is 12.8 Å². The van der Waals surface area contributed by atoms with Gasteiger partial charge < -0.3 is 4.74 Å². The van der Waals surface area contributed by atoms with Gasteiger partial charge in [-0.05, 0) is 12.1 Å². The van der Waals surface area contributed by atoms with Crippen LogP contribution < -0.4 is 0 Å². The Morgan fingerprint density at radius 2 is 2.33 bits per heavy atom. The summed E-state index contributed by atoms with van der Waals surface area (Å²) < 4.78 is 6.71. The van der Waals surface area contributed by atoms with Crippen LogP contribution in [0.3, 0.4) is 0 Å². The molecule has 2 aromatic rings. The fourth-order valence-corrected chi connectivity index (χ4v) is 1.81. The lowest BCUT2D eigenvalue weighted by Gasteiger charge is -2.07. The summed E-state index contributed by atoms with van der Waals surface area (Å²) in [6.07, 6.45) is 4.20. The molecule has 0 aliphatic carbocycles. The lowest BCUT2D eigenvalue weighted by atomic mass is 10.1. The second-order valence-electron chi connectivity index (χ2n) is 4.08. The van der Waals surface area contributed by atoms with E-state index < -0.39 is 0 Å². The van der Waals surface area contributed by atoms with Crippen molar-refractivity contribution >= 4 is 6.29 Å². The predicted molar refractivity (Wildman–Crippen MR) is 67.0 cm³/mol. The van der Waals surface area contributed by atoms with E-state index in [-0.39, 0.29) is 5.92 Å². The zero-order valence-electron chi connectivity index (χ0n) is 10.4. The summed E-state index contributed by atoms with van der Waals surface area (Å²) in [6.45, 7) is 2.50. The Morgan fingerprint density at radius 3 is 2.94 bits per heavy atom. The van der Waals surface area contributed by atoms with Crippen molar-refractivity contribution in [3.63, 3.8) is 0 Å². The van der Waals surface area contributed by atoms with Gasteiger partial charge in [-0.25, -0.2) is 9.67 Å². The molecule has 0 aromatic carbocycles. The van der Waals surface area contributed by atoms with Crippen LogP contribution in [0.2, 0.25) is 0 Å². The molecule has 0 N–H and O–H groups in total. The third-order valence-electron chi connectivity index (χ3n) is 2.67. The van der Waals surface area contributed by atoms with Crippen LogP contribution in [0.4, 0.5) is 0 Å². The molecule has 0 amide bonds. The maximum absolute atomic E-state index is 11.1. The van der Waals surface area contributed by atoms with Crippen LogP contribution in [0.15, 0.2) is 30.6 Å². The van der Waals surface area contributed by atoms with Crippen molar-refractivity contribution in [1.82, 2.24) is 14.8 Å². The smallest absolute Gasteiger partial charge is 0.153 e. The minimum atomic E-state index is 0.0696. The van der Waals surface area contributed by atoms with E-state index in [1.54, 1.807) is 24.2 Å². The highest BCUT2D eigenvalue weighted by atomic mass is 16.5. The number of aldehydes is 1. The van der Waals surface area contributed by atoms with E-state index in [2.05, 4.69) is 10.1 Å². The quantitative estimate of drug-likeness (QED) is 0.754. The Labute approximate surface area is 105 Å². The first kappa shape index (κ1) is 12.4. The molecular weight excluding hydrogens is 230 g/mol. The number of hydrogen-bond donors (Lipinski definition) is 0. The van der Waals surface area contributed by atoms with Gasteiger partial charge in [0.05, 0.1) is 17.9 Å². The van der Waals surface area contributed by atoms with Crippen molar-refractivity contribution in [1.29, 1.82) is 0 Å². The summed E-state index contributed by atoms with van der Waals surface area (Å²) in [5, 5.41) is 4.41. The molecule has 0 aliphatic rings. The van der Waals surface area contributed by atoms with Crippen molar-refractivity contribution in [2.75, 3.05) is 13.7 Å². The van der Waals surface area contributed by atoms with Gasteiger partial charge in [0.25, 0.3) is 0 Å². The average Bonchev–Trinajstić information content (AvgIpc) is 2.84. The highest BCUT2D eigenvalue weighted by molar-refractivity contribution is 5.76. The number of nitrogens with zero attached hydrogens (tertiary/aromatic N) is 3. The Hall–Kier alpha value is -2.01. The molecule has 1 atom stereocenters. The van der Waals surface area contributed by atoms with E-state index >= 15 is 0 Å². The molecule has 5 heteroatoms. The molecule has 2 rings (SSSR count). The van der Waals surface area contributed by atoms with Gasteiger partial charge in [0.15, 0.2) is 12.1 Å². The highest BCUT2D eigenvalue weighted by Gasteiger charge is 2.16. The maximum Gasteiger partial charge on any atom is 0.153 e. The maximum atomic E-state index is 11.1. The van der Waals surface area contributed by atoms with E-state index in [1.165, 1.54) is 0 Å². The van der Waals surface area contributed by atoms with Crippen LogP contribution in [0.25, 0.3) is 5.82 Å². The number of carbonyl (C=O) groups is 1.